The van der Waals surface area contributed by atoms with Crippen LogP contribution in [-0.2, 0) is 15.0 Å². The Bertz CT molecular complexity index is 888. The van der Waals surface area contributed by atoms with E-state index in [0.717, 1.165) is 30.0 Å². The van der Waals surface area contributed by atoms with Crippen LogP contribution in [0.4, 0.5) is 0 Å². The summed E-state index contributed by atoms with van der Waals surface area (Å²) in [4.78, 5) is 15.3. The zero-order valence-electron chi connectivity index (χ0n) is 15.7. The van der Waals surface area contributed by atoms with Gasteiger partial charge in [0, 0.05) is 19.6 Å². The largest absolute Gasteiger partial charge is 0.463 e. The van der Waals surface area contributed by atoms with E-state index in [1.54, 1.807) is 12.1 Å². The first kappa shape index (κ1) is 18.3. The lowest BCUT2D eigenvalue weighted by atomic mass is 9.72. The third-order valence-corrected chi connectivity index (χ3v) is 7.48. The van der Waals surface area contributed by atoms with E-state index < -0.39 is 10.2 Å². The van der Waals surface area contributed by atoms with Crippen LogP contribution in [0.2, 0.25) is 0 Å². The molecule has 1 saturated heterocycles. The van der Waals surface area contributed by atoms with Crippen molar-refractivity contribution in [3.63, 3.8) is 0 Å². The van der Waals surface area contributed by atoms with E-state index in [9.17, 15) is 13.2 Å². The summed E-state index contributed by atoms with van der Waals surface area (Å²) in [6.45, 7) is 2.93. The van der Waals surface area contributed by atoms with Gasteiger partial charge in [0.1, 0.15) is 11.4 Å². The predicted molar refractivity (Wildman–Crippen MR) is 101 cm³/mol. The molecule has 3 unspecified atom stereocenters. The first-order chi connectivity index (χ1) is 12.9. The van der Waals surface area contributed by atoms with Crippen LogP contribution >= 0.6 is 0 Å². The summed E-state index contributed by atoms with van der Waals surface area (Å²) in [7, 11) is -2.58. The van der Waals surface area contributed by atoms with Crippen molar-refractivity contribution in [2.45, 2.75) is 45.1 Å². The molecule has 1 aromatic heterocycles. The van der Waals surface area contributed by atoms with Crippen LogP contribution in [0.25, 0.3) is 0 Å². The van der Waals surface area contributed by atoms with Gasteiger partial charge >= 0.3 is 10.2 Å². The summed E-state index contributed by atoms with van der Waals surface area (Å²) in [6.07, 6.45) is 8.39. The molecule has 1 aliphatic carbocycles. The second-order valence-electron chi connectivity index (χ2n) is 7.71. The standard InChI is InChI=1S/C19H25N3O4S/c1-13-9-10-22(16-7-4-3-6-14(13)16)19(23)17-12-15(18-8-5-11-26-18)20-27(24,25)21(17)2/h5,8,11-14,16H,3-4,6-7,9-10H2,1-2H3. The molecule has 1 amide bonds. The first-order valence-corrected chi connectivity index (χ1v) is 10.9. The lowest BCUT2D eigenvalue weighted by molar-refractivity contribution is -0.135. The molecule has 3 aliphatic rings. The molecule has 7 nitrogen and oxygen atoms in total. The minimum absolute atomic E-state index is 0.135. The average molecular weight is 391 g/mol. The molecule has 8 heteroatoms. The number of piperidine rings is 1. The van der Waals surface area contributed by atoms with Gasteiger partial charge in [-0.05, 0) is 49.3 Å². The number of hydrogen-bond acceptors (Lipinski definition) is 4. The van der Waals surface area contributed by atoms with E-state index in [-0.39, 0.29) is 23.4 Å². The van der Waals surface area contributed by atoms with Gasteiger partial charge in [-0.15, -0.1) is 4.40 Å². The third-order valence-electron chi connectivity index (χ3n) is 6.16. The van der Waals surface area contributed by atoms with Crippen molar-refractivity contribution in [3.05, 3.63) is 35.9 Å². The molecule has 0 radical (unpaired) electrons. The number of allylic oxidation sites excluding steroid dienone is 1. The highest BCUT2D eigenvalue weighted by Gasteiger charge is 2.42. The highest BCUT2D eigenvalue weighted by Crippen LogP contribution is 2.39. The number of likely N-dealkylation sites (N-methyl/N-ethyl adjacent to an activating group) is 1. The Labute approximate surface area is 159 Å². The maximum Gasteiger partial charge on any atom is 0.345 e. The number of likely N-dealkylation sites (tertiary alicyclic amines) is 1. The van der Waals surface area contributed by atoms with Crippen molar-refractivity contribution in [1.29, 1.82) is 0 Å². The van der Waals surface area contributed by atoms with Gasteiger partial charge in [0.15, 0.2) is 5.76 Å². The maximum absolute atomic E-state index is 13.4. The second-order valence-corrected chi connectivity index (χ2v) is 9.33. The molecule has 0 bridgehead atoms. The Hall–Kier alpha value is -2.09. The third kappa shape index (κ3) is 3.20. The molecule has 3 atom stereocenters. The van der Waals surface area contributed by atoms with Crippen LogP contribution in [0.3, 0.4) is 0 Å². The molecule has 0 spiro atoms. The van der Waals surface area contributed by atoms with E-state index in [1.807, 2.05) is 4.90 Å². The molecule has 27 heavy (non-hydrogen) atoms. The molecule has 3 heterocycles. The lowest BCUT2D eigenvalue weighted by Gasteiger charge is -2.47. The molecular formula is C19H25N3O4S. The maximum atomic E-state index is 13.4. The summed E-state index contributed by atoms with van der Waals surface area (Å²) in [5, 5.41) is 0. The zero-order valence-corrected chi connectivity index (χ0v) is 16.5. The van der Waals surface area contributed by atoms with Crippen LogP contribution < -0.4 is 0 Å². The van der Waals surface area contributed by atoms with E-state index in [4.69, 9.17) is 4.42 Å². The number of hydrogen-bond donors (Lipinski definition) is 0. The molecule has 0 aromatic carbocycles. The van der Waals surface area contributed by atoms with Gasteiger partial charge in [-0.25, -0.2) is 4.31 Å². The van der Waals surface area contributed by atoms with Gasteiger partial charge in [-0.1, -0.05) is 19.8 Å². The first-order valence-electron chi connectivity index (χ1n) is 9.54. The van der Waals surface area contributed by atoms with E-state index in [0.29, 0.717) is 24.1 Å². The van der Waals surface area contributed by atoms with Gasteiger partial charge in [0.05, 0.1) is 6.26 Å². The fraction of sp³-hybridized carbons (Fsp3) is 0.579. The van der Waals surface area contributed by atoms with Crippen LogP contribution in [0, 0.1) is 11.8 Å². The van der Waals surface area contributed by atoms with Crippen LogP contribution in [-0.4, -0.2) is 48.9 Å². The number of furan rings is 1. The second kappa shape index (κ2) is 6.82. The summed E-state index contributed by atoms with van der Waals surface area (Å²) < 4.78 is 35.1. The van der Waals surface area contributed by atoms with E-state index >= 15 is 0 Å². The predicted octanol–water partition coefficient (Wildman–Crippen LogP) is 2.57. The van der Waals surface area contributed by atoms with Crippen molar-refractivity contribution >= 4 is 21.8 Å². The quantitative estimate of drug-likeness (QED) is 0.776. The molecule has 2 aliphatic heterocycles. The Morgan fingerprint density at radius 3 is 2.78 bits per heavy atom. The van der Waals surface area contributed by atoms with Gasteiger partial charge in [0.2, 0.25) is 0 Å². The number of rotatable bonds is 2. The number of carbonyl (C=O) groups is 1. The fourth-order valence-corrected chi connectivity index (χ4v) is 5.50. The van der Waals surface area contributed by atoms with Gasteiger partial charge in [0.25, 0.3) is 5.91 Å². The average Bonchev–Trinajstić information content (AvgIpc) is 3.19. The van der Waals surface area contributed by atoms with Gasteiger partial charge in [-0.3, -0.25) is 4.79 Å². The highest BCUT2D eigenvalue weighted by atomic mass is 32.2. The molecule has 146 valence electrons. The number of fused-ring (bicyclic) bond motifs is 1. The van der Waals surface area contributed by atoms with Crippen molar-refractivity contribution in [1.82, 2.24) is 9.21 Å². The topological polar surface area (TPSA) is 83.2 Å². The summed E-state index contributed by atoms with van der Waals surface area (Å²) in [5.41, 5.74) is 0.294. The number of nitrogens with zero attached hydrogens (tertiary/aromatic N) is 3. The number of carbonyl (C=O) groups excluding carboxylic acids is 1. The molecule has 0 N–H and O–H groups in total. The summed E-state index contributed by atoms with van der Waals surface area (Å²) in [6, 6.07) is 3.49. The fourth-order valence-electron chi connectivity index (χ4n) is 4.61. The van der Waals surface area contributed by atoms with Crippen LogP contribution in [0.5, 0.6) is 0 Å². The Kier molecular flexibility index (Phi) is 4.61. The Morgan fingerprint density at radius 1 is 1.26 bits per heavy atom. The smallest absolute Gasteiger partial charge is 0.345 e. The van der Waals surface area contributed by atoms with Gasteiger partial charge < -0.3 is 9.32 Å². The van der Waals surface area contributed by atoms with Crippen molar-refractivity contribution in [3.8, 4) is 0 Å². The SMILES string of the molecule is CC1CCN(C(=O)C2=CC(c3ccco3)=NS(=O)(=O)N2C)C2CCCCC12. The minimum atomic E-state index is -3.96. The Balaban J connectivity index is 1.68. The number of amides is 1. The zero-order chi connectivity index (χ0) is 19.2. The molecule has 1 aromatic rings. The summed E-state index contributed by atoms with van der Waals surface area (Å²) in [5.74, 6) is 1.20. The minimum Gasteiger partial charge on any atom is -0.463 e. The van der Waals surface area contributed by atoms with Crippen molar-refractivity contribution < 1.29 is 17.6 Å². The lowest BCUT2D eigenvalue weighted by Crippen LogP contribution is -2.54. The normalized spacial score (nSPS) is 30.4. The monoisotopic (exact) mass is 391 g/mol. The van der Waals surface area contributed by atoms with Crippen LogP contribution in [0.15, 0.2) is 39.0 Å². The molecule has 2 fully saturated rings. The van der Waals surface area contributed by atoms with Crippen molar-refractivity contribution in [2.24, 2.45) is 16.2 Å². The van der Waals surface area contributed by atoms with E-state index in [1.165, 1.54) is 25.8 Å². The van der Waals surface area contributed by atoms with Gasteiger partial charge in [-0.2, -0.15) is 8.42 Å². The summed E-state index contributed by atoms with van der Waals surface area (Å²) >= 11 is 0. The van der Waals surface area contributed by atoms with Crippen molar-refractivity contribution in [2.75, 3.05) is 13.6 Å². The Morgan fingerprint density at radius 2 is 2.04 bits per heavy atom. The highest BCUT2D eigenvalue weighted by molar-refractivity contribution is 7.88. The van der Waals surface area contributed by atoms with Crippen LogP contribution in [0.1, 0.15) is 44.8 Å². The molecule has 1 saturated carbocycles. The molecule has 4 rings (SSSR count). The van der Waals surface area contributed by atoms with E-state index in [2.05, 4.69) is 11.3 Å². The molecular weight excluding hydrogens is 366 g/mol.